The fourth-order valence-corrected chi connectivity index (χ4v) is 2.61. The van der Waals surface area contributed by atoms with Crippen LogP contribution < -0.4 is 10.6 Å². The minimum atomic E-state index is -0.233. The molecule has 0 aliphatic heterocycles. The number of carbonyl (C=O) groups is 2. The van der Waals surface area contributed by atoms with Gasteiger partial charge in [-0.05, 0) is 43.4 Å². The molecule has 0 unspecified atom stereocenters. The van der Waals surface area contributed by atoms with E-state index in [1.54, 1.807) is 31.1 Å². The van der Waals surface area contributed by atoms with E-state index in [0.717, 1.165) is 31.2 Å². The third kappa shape index (κ3) is 5.56. The Hall–Kier alpha value is -2.08. The molecule has 3 N–H and O–H groups in total. The summed E-state index contributed by atoms with van der Waals surface area (Å²) in [7, 11) is 3.46. The Labute approximate surface area is 136 Å². The van der Waals surface area contributed by atoms with Crippen LogP contribution in [0.15, 0.2) is 24.3 Å². The van der Waals surface area contributed by atoms with E-state index in [2.05, 4.69) is 10.6 Å². The number of carbonyl (C=O) groups excluding carboxylic acids is 2. The van der Waals surface area contributed by atoms with Gasteiger partial charge in [-0.25, -0.2) is 4.79 Å². The van der Waals surface area contributed by atoms with Gasteiger partial charge in [0.05, 0.1) is 12.5 Å². The summed E-state index contributed by atoms with van der Waals surface area (Å²) in [4.78, 5) is 25.2. The number of benzene rings is 1. The zero-order chi connectivity index (χ0) is 16.8. The van der Waals surface area contributed by atoms with Crippen molar-refractivity contribution >= 4 is 17.6 Å². The molecule has 0 saturated heterocycles. The van der Waals surface area contributed by atoms with E-state index in [1.807, 2.05) is 12.1 Å². The van der Waals surface area contributed by atoms with E-state index in [4.69, 9.17) is 0 Å². The minimum absolute atomic E-state index is 0.0444. The van der Waals surface area contributed by atoms with Crippen LogP contribution in [0, 0.1) is 0 Å². The predicted octanol–water partition coefficient (Wildman–Crippen LogP) is 1.74. The molecule has 1 aromatic carbocycles. The molecule has 6 heteroatoms. The van der Waals surface area contributed by atoms with Crippen LogP contribution >= 0.6 is 0 Å². The molecule has 0 bridgehead atoms. The van der Waals surface area contributed by atoms with Gasteiger partial charge in [-0.2, -0.15) is 0 Å². The molecule has 1 aliphatic carbocycles. The quantitative estimate of drug-likeness (QED) is 0.791. The van der Waals surface area contributed by atoms with Crippen LogP contribution in [0.5, 0.6) is 0 Å². The minimum Gasteiger partial charge on any atom is -0.393 e. The summed E-state index contributed by atoms with van der Waals surface area (Å²) < 4.78 is 0. The molecular weight excluding hydrogens is 294 g/mol. The van der Waals surface area contributed by atoms with Crippen LogP contribution in [0.2, 0.25) is 0 Å². The second-order valence-electron chi connectivity index (χ2n) is 6.27. The summed E-state index contributed by atoms with van der Waals surface area (Å²) in [6.45, 7) is 0. The number of anilines is 1. The van der Waals surface area contributed by atoms with E-state index < -0.39 is 0 Å². The summed E-state index contributed by atoms with van der Waals surface area (Å²) in [6.07, 6.45) is 3.21. The Bertz CT molecular complexity index is 535. The van der Waals surface area contributed by atoms with Crippen LogP contribution in [0.1, 0.15) is 31.2 Å². The Kier molecular flexibility index (Phi) is 5.98. The van der Waals surface area contributed by atoms with Gasteiger partial charge in [-0.15, -0.1) is 0 Å². The van der Waals surface area contributed by atoms with E-state index in [0.29, 0.717) is 12.1 Å². The van der Waals surface area contributed by atoms with Crippen molar-refractivity contribution in [2.24, 2.45) is 0 Å². The molecule has 1 fully saturated rings. The van der Waals surface area contributed by atoms with Crippen LogP contribution in [0.4, 0.5) is 10.5 Å². The average Bonchev–Trinajstić information content (AvgIpc) is 2.51. The summed E-state index contributed by atoms with van der Waals surface area (Å²) in [5.41, 5.74) is 1.61. The van der Waals surface area contributed by atoms with Crippen molar-refractivity contribution in [3.05, 3.63) is 29.8 Å². The number of nitrogens with zero attached hydrogens (tertiary/aromatic N) is 1. The third-order valence-electron chi connectivity index (χ3n) is 4.10. The first kappa shape index (κ1) is 17.3. The normalized spacial score (nSPS) is 20.7. The number of urea groups is 1. The summed E-state index contributed by atoms with van der Waals surface area (Å²) in [5, 5.41) is 15.2. The van der Waals surface area contributed by atoms with Crippen LogP contribution in [0.3, 0.4) is 0 Å². The molecule has 0 heterocycles. The van der Waals surface area contributed by atoms with Crippen molar-refractivity contribution in [1.82, 2.24) is 10.2 Å². The van der Waals surface area contributed by atoms with Crippen LogP contribution in [-0.4, -0.2) is 48.2 Å². The van der Waals surface area contributed by atoms with E-state index in [-0.39, 0.29) is 24.1 Å². The van der Waals surface area contributed by atoms with Crippen LogP contribution in [-0.2, 0) is 11.2 Å². The first-order chi connectivity index (χ1) is 10.9. The largest absolute Gasteiger partial charge is 0.393 e. The Morgan fingerprint density at radius 2 is 1.74 bits per heavy atom. The van der Waals surface area contributed by atoms with Gasteiger partial charge in [0, 0.05) is 25.8 Å². The SMILES string of the molecule is CN(C)C(=O)Cc1ccc(NC(=O)NC2CCC(O)CC2)cc1. The number of likely N-dealkylation sites (N-methyl/N-ethyl adjacent to an activating group) is 1. The van der Waals surface area contributed by atoms with Crippen molar-refractivity contribution in [2.75, 3.05) is 19.4 Å². The molecule has 0 radical (unpaired) electrons. The van der Waals surface area contributed by atoms with Gasteiger partial charge in [0.25, 0.3) is 0 Å². The number of aliphatic hydroxyl groups is 1. The van der Waals surface area contributed by atoms with Crippen molar-refractivity contribution in [3.63, 3.8) is 0 Å². The molecular formula is C17H25N3O3. The highest BCUT2D eigenvalue weighted by molar-refractivity contribution is 5.89. The first-order valence-corrected chi connectivity index (χ1v) is 7.98. The number of nitrogens with one attached hydrogen (secondary N) is 2. The lowest BCUT2D eigenvalue weighted by atomic mass is 9.93. The maximum atomic E-state index is 12.0. The smallest absolute Gasteiger partial charge is 0.319 e. The highest BCUT2D eigenvalue weighted by atomic mass is 16.3. The summed E-state index contributed by atoms with van der Waals surface area (Å²) in [6, 6.07) is 7.16. The van der Waals surface area contributed by atoms with Gasteiger partial charge in [-0.1, -0.05) is 12.1 Å². The van der Waals surface area contributed by atoms with Crippen molar-refractivity contribution < 1.29 is 14.7 Å². The second-order valence-corrected chi connectivity index (χ2v) is 6.27. The summed E-state index contributed by atoms with van der Waals surface area (Å²) in [5.74, 6) is 0.0444. The molecule has 2 rings (SSSR count). The van der Waals surface area contributed by atoms with E-state index in [1.165, 1.54) is 0 Å². The molecule has 0 spiro atoms. The van der Waals surface area contributed by atoms with Crippen molar-refractivity contribution in [1.29, 1.82) is 0 Å². The van der Waals surface area contributed by atoms with E-state index >= 15 is 0 Å². The van der Waals surface area contributed by atoms with Crippen LogP contribution in [0.25, 0.3) is 0 Å². The lowest BCUT2D eigenvalue weighted by Crippen LogP contribution is -2.40. The van der Waals surface area contributed by atoms with Gasteiger partial charge < -0.3 is 20.6 Å². The topological polar surface area (TPSA) is 81.7 Å². The molecule has 1 aliphatic rings. The first-order valence-electron chi connectivity index (χ1n) is 7.98. The third-order valence-corrected chi connectivity index (χ3v) is 4.10. The number of aliphatic hydroxyl groups excluding tert-OH is 1. The highest BCUT2D eigenvalue weighted by Gasteiger charge is 2.20. The maximum Gasteiger partial charge on any atom is 0.319 e. The van der Waals surface area contributed by atoms with Gasteiger partial charge >= 0.3 is 6.03 Å². The average molecular weight is 319 g/mol. The van der Waals surface area contributed by atoms with Gasteiger partial charge in [-0.3, -0.25) is 4.79 Å². The van der Waals surface area contributed by atoms with Crippen molar-refractivity contribution in [3.8, 4) is 0 Å². The Balaban J connectivity index is 1.81. The predicted molar refractivity (Wildman–Crippen MR) is 89.3 cm³/mol. The molecule has 126 valence electrons. The Morgan fingerprint density at radius 3 is 2.30 bits per heavy atom. The molecule has 6 nitrogen and oxygen atoms in total. The number of amides is 3. The zero-order valence-electron chi connectivity index (χ0n) is 13.7. The van der Waals surface area contributed by atoms with Crippen molar-refractivity contribution in [2.45, 2.75) is 44.2 Å². The zero-order valence-corrected chi connectivity index (χ0v) is 13.7. The number of hydrogen-bond donors (Lipinski definition) is 3. The molecule has 0 atom stereocenters. The molecule has 3 amide bonds. The van der Waals surface area contributed by atoms with Gasteiger partial charge in [0.2, 0.25) is 5.91 Å². The maximum absolute atomic E-state index is 12.0. The highest BCUT2D eigenvalue weighted by Crippen LogP contribution is 2.18. The summed E-state index contributed by atoms with van der Waals surface area (Å²) >= 11 is 0. The van der Waals surface area contributed by atoms with Gasteiger partial charge in [0.1, 0.15) is 0 Å². The van der Waals surface area contributed by atoms with E-state index in [9.17, 15) is 14.7 Å². The molecule has 1 aromatic rings. The molecule has 23 heavy (non-hydrogen) atoms. The molecule has 1 saturated carbocycles. The number of rotatable bonds is 4. The number of hydrogen-bond acceptors (Lipinski definition) is 3. The fraction of sp³-hybridized carbons (Fsp3) is 0.529. The second kappa shape index (κ2) is 7.97. The standard InChI is InChI=1S/C17H25N3O3/c1-20(2)16(22)11-12-3-5-13(6-4-12)18-17(23)19-14-7-9-15(21)10-8-14/h3-6,14-15,21H,7-11H2,1-2H3,(H2,18,19,23). The fourth-order valence-electron chi connectivity index (χ4n) is 2.61. The molecule has 0 aromatic heterocycles. The van der Waals surface area contributed by atoms with Gasteiger partial charge in [0.15, 0.2) is 0 Å². The lowest BCUT2D eigenvalue weighted by molar-refractivity contribution is -0.127. The lowest BCUT2D eigenvalue weighted by Gasteiger charge is -2.26. The monoisotopic (exact) mass is 319 g/mol. The Morgan fingerprint density at radius 1 is 1.13 bits per heavy atom.